The van der Waals surface area contributed by atoms with Gasteiger partial charge in [0.2, 0.25) is 0 Å². The number of amides is 1. The molecule has 0 saturated carbocycles. The number of hydrogen-bond acceptors (Lipinski definition) is 4. The van der Waals surface area contributed by atoms with Crippen molar-refractivity contribution in [3.8, 4) is 5.69 Å². The number of anilines is 1. The van der Waals surface area contributed by atoms with Gasteiger partial charge in [0.15, 0.2) is 0 Å². The van der Waals surface area contributed by atoms with Crippen molar-refractivity contribution in [1.82, 2.24) is 9.78 Å². The van der Waals surface area contributed by atoms with Gasteiger partial charge in [-0.05, 0) is 24.6 Å². The minimum atomic E-state index is -0.261. The van der Waals surface area contributed by atoms with Crippen LogP contribution in [0.5, 0.6) is 0 Å². The molecule has 0 fully saturated rings. The lowest BCUT2D eigenvalue weighted by molar-refractivity contribution is 0.102. The molecule has 0 radical (unpaired) electrons. The van der Waals surface area contributed by atoms with Crippen LogP contribution in [0.3, 0.4) is 0 Å². The van der Waals surface area contributed by atoms with Gasteiger partial charge in [0, 0.05) is 11.5 Å². The molecule has 3 N–H and O–H groups in total. The van der Waals surface area contributed by atoms with Gasteiger partial charge in [0.25, 0.3) is 5.91 Å². The van der Waals surface area contributed by atoms with Crippen molar-refractivity contribution in [3.63, 3.8) is 0 Å². The maximum Gasteiger partial charge on any atom is 0.260 e. The van der Waals surface area contributed by atoms with Crippen LogP contribution in [0.15, 0.2) is 47.1 Å². The van der Waals surface area contributed by atoms with Crippen molar-refractivity contribution >= 4 is 24.1 Å². The SMILES string of the molecule is Cc1ccccc1-n1nc(C(C)(C)C)cc1NC(=O)c1coc(CN)c1.Cl. The minimum Gasteiger partial charge on any atom is -0.467 e. The number of carbonyl (C=O) groups excluding carboxylic acids is 1. The van der Waals surface area contributed by atoms with Gasteiger partial charge in [0.1, 0.15) is 17.8 Å². The van der Waals surface area contributed by atoms with Gasteiger partial charge >= 0.3 is 0 Å². The number of carbonyl (C=O) groups is 1. The Morgan fingerprint density at radius 2 is 1.96 bits per heavy atom. The monoisotopic (exact) mass is 388 g/mol. The van der Waals surface area contributed by atoms with Gasteiger partial charge in [-0.3, -0.25) is 4.79 Å². The largest absolute Gasteiger partial charge is 0.467 e. The Bertz CT molecular complexity index is 938. The van der Waals surface area contributed by atoms with Crippen molar-refractivity contribution in [2.24, 2.45) is 5.73 Å². The fourth-order valence-corrected chi connectivity index (χ4v) is 2.62. The topological polar surface area (TPSA) is 86.1 Å². The molecule has 2 aromatic heterocycles. The molecule has 3 aromatic rings. The molecule has 0 aliphatic heterocycles. The Kier molecular flexibility index (Phi) is 6.13. The van der Waals surface area contributed by atoms with E-state index in [0.717, 1.165) is 16.9 Å². The molecule has 0 aliphatic rings. The van der Waals surface area contributed by atoms with Gasteiger partial charge in [-0.25, -0.2) is 4.68 Å². The van der Waals surface area contributed by atoms with E-state index in [-0.39, 0.29) is 30.3 Å². The first-order valence-corrected chi connectivity index (χ1v) is 8.55. The van der Waals surface area contributed by atoms with E-state index in [1.807, 2.05) is 37.3 Å². The number of aryl methyl sites for hydroxylation is 1. The molecule has 1 aromatic carbocycles. The molecule has 27 heavy (non-hydrogen) atoms. The van der Waals surface area contributed by atoms with Crippen LogP contribution >= 0.6 is 12.4 Å². The van der Waals surface area contributed by atoms with Gasteiger partial charge in [-0.1, -0.05) is 39.0 Å². The summed E-state index contributed by atoms with van der Waals surface area (Å²) in [5.74, 6) is 0.923. The molecule has 2 heterocycles. The Labute approximate surface area is 165 Å². The summed E-state index contributed by atoms with van der Waals surface area (Å²) in [4.78, 5) is 12.6. The van der Waals surface area contributed by atoms with Crippen LogP contribution in [-0.2, 0) is 12.0 Å². The lowest BCUT2D eigenvalue weighted by atomic mass is 9.92. The molecule has 1 amide bonds. The van der Waals surface area contributed by atoms with E-state index >= 15 is 0 Å². The number of aromatic nitrogens is 2. The number of benzene rings is 1. The van der Waals surface area contributed by atoms with Crippen LogP contribution in [0, 0.1) is 6.92 Å². The minimum absolute atomic E-state index is 0. The van der Waals surface area contributed by atoms with Crippen LogP contribution in [0.4, 0.5) is 5.82 Å². The fraction of sp³-hybridized carbons (Fsp3) is 0.300. The summed E-state index contributed by atoms with van der Waals surface area (Å²) in [7, 11) is 0. The average Bonchev–Trinajstić information content (AvgIpc) is 3.22. The summed E-state index contributed by atoms with van der Waals surface area (Å²) in [6.45, 7) is 8.54. The second-order valence-electron chi connectivity index (χ2n) is 7.32. The van der Waals surface area contributed by atoms with Gasteiger partial charge < -0.3 is 15.5 Å². The summed E-state index contributed by atoms with van der Waals surface area (Å²) in [5, 5.41) is 7.68. The smallest absolute Gasteiger partial charge is 0.260 e. The summed E-state index contributed by atoms with van der Waals surface area (Å²) >= 11 is 0. The highest BCUT2D eigenvalue weighted by molar-refractivity contribution is 6.03. The Balaban J connectivity index is 0.00000261. The average molecular weight is 389 g/mol. The molecular formula is C20H25ClN4O2. The van der Waals surface area contributed by atoms with Crippen LogP contribution in [0.1, 0.15) is 48.1 Å². The van der Waals surface area contributed by atoms with E-state index in [4.69, 9.17) is 15.2 Å². The Hall–Kier alpha value is -2.57. The standard InChI is InChI=1S/C20H24N4O2.ClH/c1-13-7-5-6-8-16(13)24-18(10-17(23-24)20(2,3)4)22-19(25)14-9-15(11-21)26-12-14;/h5-10,12H,11,21H2,1-4H3,(H,22,25);1H. The molecule has 0 saturated heterocycles. The first-order valence-electron chi connectivity index (χ1n) is 8.55. The quantitative estimate of drug-likeness (QED) is 0.701. The first kappa shape index (κ1) is 20.7. The second kappa shape index (κ2) is 7.98. The molecule has 0 bridgehead atoms. The van der Waals surface area contributed by atoms with Crippen LogP contribution in [-0.4, -0.2) is 15.7 Å². The zero-order valence-electron chi connectivity index (χ0n) is 15.9. The third kappa shape index (κ3) is 4.40. The maximum atomic E-state index is 12.6. The normalized spacial score (nSPS) is 11.1. The van der Waals surface area contributed by atoms with Crippen molar-refractivity contribution in [1.29, 1.82) is 0 Å². The molecule has 3 rings (SSSR count). The molecule has 6 nitrogen and oxygen atoms in total. The fourth-order valence-electron chi connectivity index (χ4n) is 2.62. The van der Waals surface area contributed by atoms with Gasteiger partial charge in [-0.15, -0.1) is 12.4 Å². The van der Waals surface area contributed by atoms with Gasteiger partial charge in [0.05, 0.1) is 23.5 Å². The summed E-state index contributed by atoms with van der Waals surface area (Å²) < 4.78 is 7.03. The predicted octanol–water partition coefficient (Wildman–Crippen LogP) is 4.20. The van der Waals surface area contributed by atoms with Crippen molar-refractivity contribution in [2.75, 3.05) is 5.32 Å². The third-order valence-corrected chi connectivity index (χ3v) is 4.18. The van der Waals surface area contributed by atoms with Crippen LogP contribution < -0.4 is 11.1 Å². The molecule has 7 heteroatoms. The molecule has 0 spiro atoms. The van der Waals surface area contributed by atoms with E-state index in [1.54, 1.807) is 10.7 Å². The van der Waals surface area contributed by atoms with Crippen LogP contribution in [0.2, 0.25) is 0 Å². The predicted molar refractivity (Wildman–Crippen MR) is 109 cm³/mol. The second-order valence-corrected chi connectivity index (χ2v) is 7.32. The number of nitrogens with zero attached hydrogens (tertiary/aromatic N) is 2. The van der Waals surface area contributed by atoms with E-state index in [0.29, 0.717) is 17.1 Å². The first-order chi connectivity index (χ1) is 12.3. The molecule has 0 atom stereocenters. The summed E-state index contributed by atoms with van der Waals surface area (Å²) in [6, 6.07) is 11.5. The Morgan fingerprint density at radius 3 is 2.56 bits per heavy atom. The van der Waals surface area contributed by atoms with E-state index < -0.39 is 0 Å². The Morgan fingerprint density at radius 1 is 1.26 bits per heavy atom. The number of nitrogens with two attached hydrogens (primary N) is 1. The molecule has 0 aliphatic carbocycles. The highest BCUT2D eigenvalue weighted by Crippen LogP contribution is 2.27. The van der Waals surface area contributed by atoms with E-state index in [2.05, 4.69) is 26.1 Å². The molecular weight excluding hydrogens is 364 g/mol. The summed E-state index contributed by atoms with van der Waals surface area (Å²) in [5.41, 5.74) is 8.72. The third-order valence-electron chi connectivity index (χ3n) is 4.18. The highest BCUT2D eigenvalue weighted by Gasteiger charge is 2.22. The van der Waals surface area contributed by atoms with Crippen molar-refractivity contribution in [3.05, 3.63) is 65.2 Å². The van der Waals surface area contributed by atoms with Gasteiger partial charge in [-0.2, -0.15) is 5.10 Å². The lowest BCUT2D eigenvalue weighted by Crippen LogP contribution is -2.15. The number of hydrogen-bond donors (Lipinski definition) is 2. The lowest BCUT2D eigenvalue weighted by Gasteiger charge is -2.14. The van der Waals surface area contributed by atoms with Crippen molar-refractivity contribution < 1.29 is 9.21 Å². The number of para-hydroxylation sites is 1. The number of nitrogens with one attached hydrogen (secondary N) is 1. The number of halogens is 1. The summed E-state index contributed by atoms with van der Waals surface area (Å²) in [6.07, 6.45) is 1.41. The van der Waals surface area contributed by atoms with E-state index in [9.17, 15) is 4.79 Å². The van der Waals surface area contributed by atoms with Crippen LogP contribution in [0.25, 0.3) is 5.69 Å². The maximum absolute atomic E-state index is 12.6. The highest BCUT2D eigenvalue weighted by atomic mass is 35.5. The zero-order chi connectivity index (χ0) is 18.9. The van der Waals surface area contributed by atoms with Crippen molar-refractivity contribution in [2.45, 2.75) is 39.7 Å². The zero-order valence-corrected chi connectivity index (χ0v) is 16.8. The molecule has 144 valence electrons. The van der Waals surface area contributed by atoms with E-state index in [1.165, 1.54) is 6.26 Å². The molecule has 0 unspecified atom stereocenters. The number of rotatable bonds is 4. The number of furan rings is 1.